The van der Waals surface area contributed by atoms with Gasteiger partial charge in [-0.25, -0.2) is 4.98 Å². The first kappa shape index (κ1) is 12.9. The van der Waals surface area contributed by atoms with Crippen LogP contribution in [0.3, 0.4) is 0 Å². The highest BCUT2D eigenvalue weighted by Crippen LogP contribution is 2.32. The number of nitrogens with zero attached hydrogens (tertiary/aromatic N) is 2. The summed E-state index contributed by atoms with van der Waals surface area (Å²) in [4.78, 5) is 8.28. The molecule has 0 saturated heterocycles. The van der Waals surface area contributed by atoms with Crippen molar-refractivity contribution in [2.24, 2.45) is 5.92 Å². The molecule has 0 aliphatic heterocycles. The highest BCUT2D eigenvalue weighted by atomic mass is 16.5. The van der Waals surface area contributed by atoms with Crippen LogP contribution in [-0.4, -0.2) is 30.2 Å². The number of hydrogen-bond acceptors (Lipinski definition) is 5. The van der Waals surface area contributed by atoms with Crippen molar-refractivity contribution >= 4 is 5.82 Å². The Morgan fingerprint density at radius 3 is 2.83 bits per heavy atom. The monoisotopic (exact) mass is 251 g/mol. The minimum absolute atomic E-state index is 0.530. The third-order valence-corrected chi connectivity index (χ3v) is 3.31. The molecule has 0 aromatic carbocycles. The van der Waals surface area contributed by atoms with Gasteiger partial charge in [0.1, 0.15) is 6.33 Å². The smallest absolute Gasteiger partial charge is 0.262 e. The van der Waals surface area contributed by atoms with E-state index in [4.69, 9.17) is 9.47 Å². The zero-order valence-electron chi connectivity index (χ0n) is 11.1. The number of nitrogens with one attached hydrogen (secondary N) is 1. The van der Waals surface area contributed by atoms with E-state index in [1.807, 2.05) is 6.92 Å². The summed E-state index contributed by atoms with van der Waals surface area (Å²) in [5.74, 6) is 2.65. The Balaban J connectivity index is 1.94. The molecule has 100 valence electrons. The Kier molecular flexibility index (Phi) is 4.61. The lowest BCUT2D eigenvalue weighted by Gasteiger charge is -2.25. The van der Waals surface area contributed by atoms with Crippen LogP contribution in [-0.2, 0) is 0 Å². The van der Waals surface area contributed by atoms with Crippen molar-refractivity contribution in [3.8, 4) is 11.6 Å². The van der Waals surface area contributed by atoms with E-state index in [0.29, 0.717) is 24.1 Å². The molecular formula is C13H21N3O2. The van der Waals surface area contributed by atoms with Crippen LogP contribution in [0.4, 0.5) is 5.82 Å². The molecule has 5 nitrogen and oxygen atoms in total. The van der Waals surface area contributed by atoms with Gasteiger partial charge in [-0.05, 0) is 19.3 Å². The first-order valence-electron chi connectivity index (χ1n) is 6.60. The Morgan fingerprint density at radius 2 is 2.22 bits per heavy atom. The lowest BCUT2D eigenvalue weighted by molar-refractivity contribution is 0.211. The van der Waals surface area contributed by atoms with Crippen LogP contribution in [0.1, 0.15) is 32.6 Å². The van der Waals surface area contributed by atoms with Crippen LogP contribution >= 0.6 is 0 Å². The lowest BCUT2D eigenvalue weighted by atomic mass is 9.83. The fraction of sp³-hybridized carbons (Fsp3) is 0.692. The first-order chi connectivity index (χ1) is 8.85. The summed E-state index contributed by atoms with van der Waals surface area (Å²) >= 11 is 0. The molecule has 1 N–H and O–H groups in total. The number of ether oxygens (including phenoxy) is 2. The molecule has 1 heterocycles. The summed E-state index contributed by atoms with van der Waals surface area (Å²) in [7, 11) is 1.61. The highest BCUT2D eigenvalue weighted by molar-refractivity contribution is 5.54. The molecule has 1 aliphatic rings. The van der Waals surface area contributed by atoms with Crippen LogP contribution in [0.5, 0.6) is 11.6 Å². The zero-order chi connectivity index (χ0) is 12.8. The quantitative estimate of drug-likeness (QED) is 0.806. The average Bonchev–Trinajstić information content (AvgIpc) is 2.33. The van der Waals surface area contributed by atoms with Gasteiger partial charge >= 0.3 is 0 Å². The minimum Gasteiger partial charge on any atom is -0.489 e. The summed E-state index contributed by atoms with van der Waals surface area (Å²) in [6.45, 7) is 3.50. The molecule has 1 aromatic rings. The third-order valence-electron chi connectivity index (χ3n) is 3.31. The van der Waals surface area contributed by atoms with Crippen molar-refractivity contribution in [1.82, 2.24) is 9.97 Å². The SMILES string of the molecule is CCNc1ncnc(OCCC2CCC2)c1OC. The lowest BCUT2D eigenvalue weighted by Crippen LogP contribution is -2.15. The second kappa shape index (κ2) is 6.42. The molecule has 1 saturated carbocycles. The first-order valence-corrected chi connectivity index (χ1v) is 6.60. The average molecular weight is 251 g/mol. The predicted molar refractivity (Wildman–Crippen MR) is 70.2 cm³/mol. The predicted octanol–water partition coefficient (Wildman–Crippen LogP) is 2.49. The molecule has 0 atom stereocenters. The van der Waals surface area contributed by atoms with Crippen molar-refractivity contribution in [1.29, 1.82) is 0 Å². The fourth-order valence-electron chi connectivity index (χ4n) is 2.04. The highest BCUT2D eigenvalue weighted by Gasteiger charge is 2.18. The van der Waals surface area contributed by atoms with E-state index in [-0.39, 0.29) is 0 Å². The van der Waals surface area contributed by atoms with Gasteiger partial charge in [-0.15, -0.1) is 0 Å². The Hall–Kier alpha value is -1.52. The molecule has 1 aromatic heterocycles. The van der Waals surface area contributed by atoms with E-state index >= 15 is 0 Å². The topological polar surface area (TPSA) is 56.3 Å². The van der Waals surface area contributed by atoms with E-state index in [0.717, 1.165) is 18.9 Å². The number of methoxy groups -OCH3 is 1. The molecule has 1 fully saturated rings. The maximum Gasteiger partial charge on any atom is 0.262 e. The normalized spacial score (nSPS) is 15.0. The molecule has 1 aliphatic carbocycles. The second-order valence-corrected chi connectivity index (χ2v) is 4.53. The van der Waals surface area contributed by atoms with Crippen LogP contribution in [0.2, 0.25) is 0 Å². The standard InChI is InChI=1S/C13H21N3O2/c1-3-14-12-11(17-2)13(16-9-15-12)18-8-7-10-5-4-6-10/h9-10H,3-8H2,1-2H3,(H,14,15,16). The molecule has 0 unspecified atom stereocenters. The van der Waals surface area contributed by atoms with E-state index in [1.165, 1.54) is 25.6 Å². The summed E-state index contributed by atoms with van der Waals surface area (Å²) < 4.78 is 11.0. The molecule has 0 spiro atoms. The maximum absolute atomic E-state index is 5.71. The van der Waals surface area contributed by atoms with Crippen LogP contribution in [0, 0.1) is 5.92 Å². The molecular weight excluding hydrogens is 230 g/mol. The number of rotatable bonds is 7. The van der Waals surface area contributed by atoms with E-state index in [9.17, 15) is 0 Å². The van der Waals surface area contributed by atoms with Gasteiger partial charge in [-0.2, -0.15) is 4.98 Å². The van der Waals surface area contributed by atoms with Crippen molar-refractivity contribution in [3.05, 3.63) is 6.33 Å². The Labute approximate surface area is 108 Å². The van der Waals surface area contributed by atoms with Gasteiger partial charge in [-0.3, -0.25) is 0 Å². The van der Waals surface area contributed by atoms with E-state index < -0.39 is 0 Å². The maximum atomic E-state index is 5.71. The van der Waals surface area contributed by atoms with Gasteiger partial charge in [0.05, 0.1) is 13.7 Å². The molecule has 0 amide bonds. The van der Waals surface area contributed by atoms with Crippen LogP contribution < -0.4 is 14.8 Å². The molecule has 5 heteroatoms. The van der Waals surface area contributed by atoms with Crippen molar-refractivity contribution < 1.29 is 9.47 Å². The van der Waals surface area contributed by atoms with Crippen molar-refractivity contribution in [2.45, 2.75) is 32.6 Å². The van der Waals surface area contributed by atoms with Gasteiger partial charge in [0.25, 0.3) is 5.88 Å². The number of aromatic nitrogens is 2. The van der Waals surface area contributed by atoms with Gasteiger partial charge in [0, 0.05) is 6.54 Å². The summed E-state index contributed by atoms with van der Waals surface area (Å²) in [5, 5.41) is 3.13. The largest absolute Gasteiger partial charge is 0.489 e. The van der Waals surface area contributed by atoms with Crippen LogP contribution in [0.25, 0.3) is 0 Å². The Bertz CT molecular complexity index is 380. The van der Waals surface area contributed by atoms with Gasteiger partial charge < -0.3 is 14.8 Å². The zero-order valence-corrected chi connectivity index (χ0v) is 11.1. The fourth-order valence-corrected chi connectivity index (χ4v) is 2.04. The summed E-state index contributed by atoms with van der Waals surface area (Å²) in [6.07, 6.45) is 6.65. The molecule has 18 heavy (non-hydrogen) atoms. The van der Waals surface area contributed by atoms with Gasteiger partial charge in [0.2, 0.25) is 5.75 Å². The van der Waals surface area contributed by atoms with Gasteiger partial charge in [-0.1, -0.05) is 19.3 Å². The van der Waals surface area contributed by atoms with Crippen molar-refractivity contribution in [2.75, 3.05) is 25.6 Å². The van der Waals surface area contributed by atoms with E-state index in [2.05, 4.69) is 15.3 Å². The van der Waals surface area contributed by atoms with E-state index in [1.54, 1.807) is 7.11 Å². The minimum atomic E-state index is 0.530. The van der Waals surface area contributed by atoms with Crippen LogP contribution in [0.15, 0.2) is 6.33 Å². The Morgan fingerprint density at radius 1 is 1.39 bits per heavy atom. The third kappa shape index (κ3) is 3.03. The molecule has 0 radical (unpaired) electrons. The molecule has 2 rings (SSSR count). The summed E-state index contributed by atoms with van der Waals surface area (Å²) in [5.41, 5.74) is 0. The van der Waals surface area contributed by atoms with Crippen molar-refractivity contribution in [3.63, 3.8) is 0 Å². The number of anilines is 1. The summed E-state index contributed by atoms with van der Waals surface area (Å²) in [6, 6.07) is 0. The number of hydrogen-bond donors (Lipinski definition) is 1. The molecule has 0 bridgehead atoms. The van der Waals surface area contributed by atoms with Gasteiger partial charge in [0.15, 0.2) is 5.82 Å². The second-order valence-electron chi connectivity index (χ2n) is 4.53.